The molecule has 0 fully saturated rings. The summed E-state index contributed by atoms with van der Waals surface area (Å²) in [7, 11) is 0. The first-order chi connectivity index (χ1) is 7.96. The quantitative estimate of drug-likeness (QED) is 0.781. The van der Waals surface area contributed by atoms with E-state index in [1.807, 2.05) is 19.9 Å². The Morgan fingerprint density at radius 2 is 1.88 bits per heavy atom. The summed E-state index contributed by atoms with van der Waals surface area (Å²) >= 11 is 12.2. The molecule has 0 aliphatic rings. The van der Waals surface area contributed by atoms with E-state index in [2.05, 4.69) is 5.32 Å². The number of aliphatic hydroxyl groups is 1. The maximum Gasteiger partial charge on any atom is 0.0673 e. The lowest BCUT2D eigenvalue weighted by Crippen LogP contribution is -2.32. The van der Waals surface area contributed by atoms with E-state index in [9.17, 15) is 5.11 Å². The Kier molecular flexibility index (Phi) is 5.74. The van der Waals surface area contributed by atoms with Crippen molar-refractivity contribution in [3.8, 4) is 0 Å². The van der Waals surface area contributed by atoms with E-state index in [1.54, 1.807) is 12.1 Å². The summed E-state index contributed by atoms with van der Waals surface area (Å²) in [6, 6.07) is 5.40. The van der Waals surface area contributed by atoms with E-state index in [1.165, 1.54) is 0 Å². The van der Waals surface area contributed by atoms with Crippen LogP contribution in [-0.4, -0.2) is 23.8 Å². The topological polar surface area (TPSA) is 32.3 Å². The molecule has 1 unspecified atom stereocenters. The van der Waals surface area contributed by atoms with Gasteiger partial charge >= 0.3 is 0 Å². The SMILES string of the molecule is CCNCCC(C)(O)Cc1c(Cl)cccc1Cl. The van der Waals surface area contributed by atoms with Gasteiger partial charge < -0.3 is 10.4 Å². The first-order valence-corrected chi connectivity index (χ1v) is 6.58. The fraction of sp³-hybridized carbons (Fsp3) is 0.538. The summed E-state index contributed by atoms with van der Waals surface area (Å²) < 4.78 is 0. The highest BCUT2D eigenvalue weighted by Crippen LogP contribution is 2.29. The average Bonchev–Trinajstić information content (AvgIpc) is 2.24. The minimum absolute atomic E-state index is 0.469. The van der Waals surface area contributed by atoms with E-state index < -0.39 is 5.60 Å². The van der Waals surface area contributed by atoms with Crippen molar-refractivity contribution in [2.24, 2.45) is 0 Å². The Labute approximate surface area is 113 Å². The molecule has 1 aromatic rings. The molecule has 0 aliphatic heterocycles. The molecule has 96 valence electrons. The molecule has 1 rings (SSSR count). The third kappa shape index (κ3) is 4.84. The molecule has 1 aromatic carbocycles. The number of hydrogen-bond acceptors (Lipinski definition) is 2. The highest BCUT2D eigenvalue weighted by molar-refractivity contribution is 6.36. The van der Waals surface area contributed by atoms with Crippen LogP contribution in [0.25, 0.3) is 0 Å². The summed E-state index contributed by atoms with van der Waals surface area (Å²) in [4.78, 5) is 0. The number of benzene rings is 1. The maximum atomic E-state index is 10.3. The van der Waals surface area contributed by atoms with E-state index in [0.29, 0.717) is 22.9 Å². The second-order valence-corrected chi connectivity index (χ2v) is 5.29. The number of nitrogens with one attached hydrogen (secondary N) is 1. The molecule has 0 heterocycles. The smallest absolute Gasteiger partial charge is 0.0673 e. The van der Waals surface area contributed by atoms with Crippen LogP contribution in [0.3, 0.4) is 0 Å². The molecule has 0 spiro atoms. The predicted molar refractivity (Wildman–Crippen MR) is 74.0 cm³/mol. The predicted octanol–water partition coefficient (Wildman–Crippen LogP) is 3.29. The van der Waals surface area contributed by atoms with Gasteiger partial charge in [0.2, 0.25) is 0 Å². The fourth-order valence-corrected chi connectivity index (χ4v) is 2.24. The molecule has 2 nitrogen and oxygen atoms in total. The van der Waals surface area contributed by atoms with Crippen molar-refractivity contribution in [3.05, 3.63) is 33.8 Å². The Balaban J connectivity index is 2.69. The highest BCUT2D eigenvalue weighted by atomic mass is 35.5. The number of hydrogen-bond donors (Lipinski definition) is 2. The normalized spacial score (nSPS) is 14.6. The zero-order chi connectivity index (χ0) is 12.9. The van der Waals surface area contributed by atoms with Crippen molar-refractivity contribution in [3.63, 3.8) is 0 Å². The van der Waals surface area contributed by atoms with Crippen molar-refractivity contribution >= 4 is 23.2 Å². The van der Waals surface area contributed by atoms with Gasteiger partial charge in [-0.1, -0.05) is 36.2 Å². The van der Waals surface area contributed by atoms with Crippen LogP contribution in [0.1, 0.15) is 25.8 Å². The monoisotopic (exact) mass is 275 g/mol. The fourth-order valence-electron chi connectivity index (χ4n) is 1.70. The van der Waals surface area contributed by atoms with Gasteiger partial charge in [0.05, 0.1) is 5.60 Å². The third-order valence-electron chi connectivity index (χ3n) is 2.71. The molecule has 0 bridgehead atoms. The van der Waals surface area contributed by atoms with Gasteiger partial charge in [-0.25, -0.2) is 0 Å². The molecular weight excluding hydrogens is 257 g/mol. The van der Waals surface area contributed by atoms with Gasteiger partial charge in [-0.2, -0.15) is 0 Å². The first-order valence-electron chi connectivity index (χ1n) is 5.82. The van der Waals surface area contributed by atoms with Crippen LogP contribution >= 0.6 is 23.2 Å². The van der Waals surface area contributed by atoms with Gasteiger partial charge in [0.1, 0.15) is 0 Å². The zero-order valence-electron chi connectivity index (χ0n) is 10.3. The molecule has 0 saturated heterocycles. The van der Waals surface area contributed by atoms with Gasteiger partial charge in [-0.3, -0.25) is 0 Å². The van der Waals surface area contributed by atoms with Crippen LogP contribution in [0.15, 0.2) is 18.2 Å². The van der Waals surface area contributed by atoms with Gasteiger partial charge in [0.25, 0.3) is 0 Å². The Bertz CT molecular complexity index is 346. The van der Waals surface area contributed by atoms with Crippen LogP contribution in [0.2, 0.25) is 10.0 Å². The van der Waals surface area contributed by atoms with E-state index in [4.69, 9.17) is 23.2 Å². The Hall–Kier alpha value is -0.280. The lowest BCUT2D eigenvalue weighted by atomic mass is 9.93. The molecule has 4 heteroatoms. The Morgan fingerprint density at radius 3 is 2.41 bits per heavy atom. The largest absolute Gasteiger partial charge is 0.390 e. The minimum atomic E-state index is -0.795. The maximum absolute atomic E-state index is 10.3. The second-order valence-electron chi connectivity index (χ2n) is 4.48. The van der Waals surface area contributed by atoms with E-state index >= 15 is 0 Å². The minimum Gasteiger partial charge on any atom is -0.390 e. The zero-order valence-corrected chi connectivity index (χ0v) is 11.8. The molecule has 0 amide bonds. The summed E-state index contributed by atoms with van der Waals surface area (Å²) in [5.74, 6) is 0. The molecule has 0 aliphatic carbocycles. The molecule has 0 saturated carbocycles. The summed E-state index contributed by atoms with van der Waals surface area (Å²) in [6.07, 6.45) is 1.14. The first kappa shape index (κ1) is 14.8. The molecule has 1 atom stereocenters. The van der Waals surface area contributed by atoms with Crippen LogP contribution < -0.4 is 5.32 Å². The van der Waals surface area contributed by atoms with Gasteiger partial charge in [-0.15, -0.1) is 0 Å². The van der Waals surface area contributed by atoms with Crippen molar-refractivity contribution in [1.82, 2.24) is 5.32 Å². The third-order valence-corrected chi connectivity index (χ3v) is 3.42. The molecule has 0 aromatic heterocycles. The van der Waals surface area contributed by atoms with Crippen molar-refractivity contribution in [2.75, 3.05) is 13.1 Å². The standard InChI is InChI=1S/C13H19Cl2NO/c1-3-16-8-7-13(2,17)9-10-11(14)5-4-6-12(10)15/h4-6,16-17H,3,7-9H2,1-2H3. The van der Waals surface area contributed by atoms with Crippen molar-refractivity contribution < 1.29 is 5.11 Å². The lowest BCUT2D eigenvalue weighted by molar-refractivity contribution is 0.0517. The number of halogens is 2. The lowest BCUT2D eigenvalue weighted by Gasteiger charge is -2.24. The van der Waals surface area contributed by atoms with Gasteiger partial charge in [0, 0.05) is 16.5 Å². The van der Waals surface area contributed by atoms with Crippen molar-refractivity contribution in [1.29, 1.82) is 0 Å². The summed E-state index contributed by atoms with van der Waals surface area (Å²) in [5, 5.41) is 14.7. The molecule has 2 N–H and O–H groups in total. The van der Waals surface area contributed by atoms with Gasteiger partial charge in [0.15, 0.2) is 0 Å². The van der Waals surface area contributed by atoms with Crippen LogP contribution in [0, 0.1) is 0 Å². The summed E-state index contributed by atoms with van der Waals surface area (Å²) in [6.45, 7) is 5.54. The van der Waals surface area contributed by atoms with Crippen molar-refractivity contribution in [2.45, 2.75) is 32.3 Å². The van der Waals surface area contributed by atoms with Crippen LogP contribution in [0.4, 0.5) is 0 Å². The molecule has 17 heavy (non-hydrogen) atoms. The van der Waals surface area contributed by atoms with Gasteiger partial charge in [-0.05, 0) is 44.1 Å². The summed E-state index contributed by atoms with van der Waals surface area (Å²) in [5.41, 5.74) is 0.0221. The van der Waals surface area contributed by atoms with E-state index in [-0.39, 0.29) is 0 Å². The van der Waals surface area contributed by atoms with E-state index in [0.717, 1.165) is 18.7 Å². The molecule has 0 radical (unpaired) electrons. The Morgan fingerprint density at radius 1 is 1.29 bits per heavy atom. The van der Waals surface area contributed by atoms with Crippen LogP contribution in [-0.2, 0) is 6.42 Å². The van der Waals surface area contributed by atoms with Crippen LogP contribution in [0.5, 0.6) is 0 Å². The second kappa shape index (κ2) is 6.60. The molecular formula is C13H19Cl2NO. The highest BCUT2D eigenvalue weighted by Gasteiger charge is 2.23. The average molecular weight is 276 g/mol. The number of rotatable bonds is 6.